The van der Waals surface area contributed by atoms with Gasteiger partial charge in [-0.15, -0.1) is 0 Å². The standard InChI is InChI=1S/C20H29N3O5/c1-13-6-7-16(23(26)27)12-17(13)18(24)21-14(2)15-8-10-22(11-9-15)19(25)28-20(3,4)5/h6-7,12,14-15H,8-11H2,1-5H3,(H,21,24). The number of amides is 2. The lowest BCUT2D eigenvalue weighted by Gasteiger charge is -2.36. The maximum atomic E-state index is 12.6. The number of piperidine rings is 1. The number of hydrogen-bond acceptors (Lipinski definition) is 5. The lowest BCUT2D eigenvalue weighted by atomic mass is 9.90. The number of rotatable bonds is 4. The van der Waals surface area contributed by atoms with Crippen molar-refractivity contribution in [2.24, 2.45) is 5.92 Å². The number of nitro benzene ring substituents is 1. The number of nitro groups is 1. The maximum absolute atomic E-state index is 12.6. The average Bonchev–Trinajstić information content (AvgIpc) is 2.60. The molecule has 2 amide bonds. The highest BCUT2D eigenvalue weighted by atomic mass is 16.6. The molecule has 0 aliphatic carbocycles. The molecule has 1 aliphatic heterocycles. The Balaban J connectivity index is 1.93. The van der Waals surface area contributed by atoms with Crippen molar-refractivity contribution < 1.29 is 19.2 Å². The molecule has 1 heterocycles. The monoisotopic (exact) mass is 391 g/mol. The quantitative estimate of drug-likeness (QED) is 0.623. The summed E-state index contributed by atoms with van der Waals surface area (Å²) in [6, 6.07) is 4.17. The normalized spacial score (nSPS) is 16.4. The molecule has 1 unspecified atom stereocenters. The van der Waals surface area contributed by atoms with Gasteiger partial charge in [-0.2, -0.15) is 0 Å². The van der Waals surface area contributed by atoms with Crippen LogP contribution in [0.1, 0.15) is 56.5 Å². The fraction of sp³-hybridized carbons (Fsp3) is 0.600. The first-order valence-electron chi connectivity index (χ1n) is 9.52. The fourth-order valence-corrected chi connectivity index (χ4v) is 3.28. The van der Waals surface area contributed by atoms with E-state index in [1.54, 1.807) is 17.9 Å². The van der Waals surface area contributed by atoms with E-state index in [1.165, 1.54) is 12.1 Å². The van der Waals surface area contributed by atoms with E-state index in [0.29, 0.717) is 24.2 Å². The molecule has 0 bridgehead atoms. The Hall–Kier alpha value is -2.64. The maximum Gasteiger partial charge on any atom is 0.410 e. The lowest BCUT2D eigenvalue weighted by Crippen LogP contribution is -2.46. The third kappa shape index (κ3) is 5.68. The van der Waals surface area contributed by atoms with Gasteiger partial charge in [0.25, 0.3) is 11.6 Å². The number of nitrogens with one attached hydrogen (secondary N) is 1. The summed E-state index contributed by atoms with van der Waals surface area (Å²) in [5, 5.41) is 13.9. The molecule has 1 aromatic carbocycles. The molecule has 8 nitrogen and oxygen atoms in total. The van der Waals surface area contributed by atoms with Gasteiger partial charge in [0.2, 0.25) is 0 Å². The van der Waals surface area contributed by atoms with Crippen molar-refractivity contribution in [1.29, 1.82) is 0 Å². The van der Waals surface area contributed by atoms with Crippen LogP contribution in [0.5, 0.6) is 0 Å². The van der Waals surface area contributed by atoms with Gasteiger partial charge in [-0.05, 0) is 58.9 Å². The van der Waals surface area contributed by atoms with E-state index < -0.39 is 10.5 Å². The largest absolute Gasteiger partial charge is 0.444 e. The number of carbonyl (C=O) groups is 2. The third-order valence-corrected chi connectivity index (χ3v) is 4.93. The van der Waals surface area contributed by atoms with Crippen LogP contribution in [0.4, 0.5) is 10.5 Å². The molecule has 1 aromatic rings. The molecule has 1 atom stereocenters. The van der Waals surface area contributed by atoms with Crippen molar-refractivity contribution >= 4 is 17.7 Å². The second-order valence-corrected chi connectivity index (χ2v) is 8.32. The highest BCUT2D eigenvalue weighted by molar-refractivity contribution is 5.96. The summed E-state index contributed by atoms with van der Waals surface area (Å²) >= 11 is 0. The lowest BCUT2D eigenvalue weighted by molar-refractivity contribution is -0.384. The van der Waals surface area contributed by atoms with Crippen molar-refractivity contribution in [2.45, 2.75) is 59.1 Å². The number of aryl methyl sites for hydroxylation is 1. The molecule has 8 heteroatoms. The van der Waals surface area contributed by atoms with Gasteiger partial charge in [-0.25, -0.2) is 4.79 Å². The molecule has 1 saturated heterocycles. The number of nitrogens with zero attached hydrogens (tertiary/aromatic N) is 2. The van der Waals surface area contributed by atoms with Gasteiger partial charge in [0.15, 0.2) is 0 Å². The summed E-state index contributed by atoms with van der Waals surface area (Å²) in [5.74, 6) is -0.0927. The Morgan fingerprint density at radius 2 is 1.89 bits per heavy atom. The molecule has 0 aromatic heterocycles. The second-order valence-electron chi connectivity index (χ2n) is 8.32. The van der Waals surface area contributed by atoms with E-state index in [0.717, 1.165) is 12.8 Å². The molecule has 1 N–H and O–H groups in total. The van der Waals surface area contributed by atoms with E-state index >= 15 is 0 Å². The molecule has 0 saturated carbocycles. The number of carbonyl (C=O) groups excluding carboxylic acids is 2. The van der Waals surface area contributed by atoms with Gasteiger partial charge in [0, 0.05) is 36.8 Å². The fourth-order valence-electron chi connectivity index (χ4n) is 3.28. The Bertz CT molecular complexity index is 749. The first-order chi connectivity index (χ1) is 13.0. The van der Waals surface area contributed by atoms with E-state index in [1.807, 2.05) is 27.7 Å². The summed E-state index contributed by atoms with van der Waals surface area (Å²) in [5.41, 5.74) is 0.377. The Morgan fingerprint density at radius 3 is 2.43 bits per heavy atom. The van der Waals surface area contributed by atoms with E-state index in [9.17, 15) is 19.7 Å². The summed E-state index contributed by atoms with van der Waals surface area (Å²) in [6.07, 6.45) is 1.21. The predicted molar refractivity (Wildman–Crippen MR) is 105 cm³/mol. The number of non-ortho nitro benzene ring substituents is 1. The van der Waals surface area contributed by atoms with Crippen molar-refractivity contribution in [3.8, 4) is 0 Å². The van der Waals surface area contributed by atoms with Crippen LogP contribution >= 0.6 is 0 Å². The zero-order valence-corrected chi connectivity index (χ0v) is 17.2. The van der Waals surface area contributed by atoms with E-state index in [-0.39, 0.29) is 29.6 Å². The molecular formula is C20H29N3O5. The molecule has 0 radical (unpaired) electrons. The van der Waals surface area contributed by atoms with Crippen LogP contribution in [0.2, 0.25) is 0 Å². The molecule has 0 spiro atoms. The first kappa shape index (κ1) is 21.7. The SMILES string of the molecule is Cc1ccc([N+](=O)[O-])cc1C(=O)NC(C)C1CCN(C(=O)OC(C)(C)C)CC1. The topological polar surface area (TPSA) is 102 Å². The van der Waals surface area contributed by atoms with Crippen molar-refractivity contribution in [3.05, 3.63) is 39.4 Å². The van der Waals surface area contributed by atoms with Crippen LogP contribution < -0.4 is 5.32 Å². The molecular weight excluding hydrogens is 362 g/mol. The van der Waals surface area contributed by atoms with Crippen LogP contribution in [0.25, 0.3) is 0 Å². The second kappa shape index (κ2) is 8.58. The number of benzene rings is 1. The van der Waals surface area contributed by atoms with Crippen molar-refractivity contribution in [1.82, 2.24) is 10.2 Å². The van der Waals surface area contributed by atoms with Gasteiger partial charge in [0.1, 0.15) is 5.60 Å². The minimum absolute atomic E-state index is 0.103. The molecule has 1 aliphatic rings. The summed E-state index contributed by atoms with van der Waals surface area (Å²) < 4.78 is 5.40. The van der Waals surface area contributed by atoms with Crippen molar-refractivity contribution in [2.75, 3.05) is 13.1 Å². The number of hydrogen-bond donors (Lipinski definition) is 1. The Labute approximate surface area is 165 Å². The minimum atomic E-state index is -0.522. The third-order valence-electron chi connectivity index (χ3n) is 4.93. The smallest absolute Gasteiger partial charge is 0.410 e. The van der Waals surface area contributed by atoms with E-state index in [4.69, 9.17) is 4.74 Å². The molecule has 1 fully saturated rings. The Morgan fingerprint density at radius 1 is 1.29 bits per heavy atom. The molecule has 154 valence electrons. The number of likely N-dealkylation sites (tertiary alicyclic amines) is 1. The first-order valence-corrected chi connectivity index (χ1v) is 9.52. The van der Waals surface area contributed by atoms with Crippen LogP contribution in [0, 0.1) is 23.0 Å². The predicted octanol–water partition coefficient (Wildman–Crippen LogP) is 3.67. The van der Waals surface area contributed by atoms with Crippen LogP contribution in [-0.2, 0) is 4.74 Å². The summed E-state index contributed by atoms with van der Waals surface area (Å²) in [4.78, 5) is 36.9. The summed E-state index contributed by atoms with van der Waals surface area (Å²) in [6.45, 7) is 10.4. The minimum Gasteiger partial charge on any atom is -0.444 e. The van der Waals surface area contributed by atoms with Crippen molar-refractivity contribution in [3.63, 3.8) is 0 Å². The number of ether oxygens (including phenoxy) is 1. The van der Waals surface area contributed by atoms with Gasteiger partial charge in [-0.3, -0.25) is 14.9 Å². The molecule has 28 heavy (non-hydrogen) atoms. The van der Waals surface area contributed by atoms with Gasteiger partial charge >= 0.3 is 6.09 Å². The van der Waals surface area contributed by atoms with Crippen LogP contribution in [0.3, 0.4) is 0 Å². The van der Waals surface area contributed by atoms with E-state index in [2.05, 4.69) is 5.32 Å². The zero-order valence-electron chi connectivity index (χ0n) is 17.2. The van der Waals surface area contributed by atoms with Crippen LogP contribution in [-0.4, -0.2) is 46.6 Å². The van der Waals surface area contributed by atoms with Gasteiger partial charge < -0.3 is 15.0 Å². The molecule has 2 rings (SSSR count). The van der Waals surface area contributed by atoms with Crippen LogP contribution in [0.15, 0.2) is 18.2 Å². The average molecular weight is 391 g/mol. The highest BCUT2D eigenvalue weighted by Crippen LogP contribution is 2.23. The Kier molecular flexibility index (Phi) is 6.64. The van der Waals surface area contributed by atoms with Gasteiger partial charge in [-0.1, -0.05) is 6.07 Å². The zero-order chi connectivity index (χ0) is 21.1. The van der Waals surface area contributed by atoms with Gasteiger partial charge in [0.05, 0.1) is 4.92 Å². The summed E-state index contributed by atoms with van der Waals surface area (Å²) in [7, 11) is 0. The highest BCUT2D eigenvalue weighted by Gasteiger charge is 2.30.